The molecule has 0 aromatic carbocycles. The third-order valence-corrected chi connectivity index (χ3v) is 3.76. The highest BCUT2D eigenvalue weighted by molar-refractivity contribution is 5.85. The van der Waals surface area contributed by atoms with E-state index >= 15 is 0 Å². The molecule has 0 aromatic heterocycles. The van der Waals surface area contributed by atoms with Crippen LogP contribution < -0.4 is 11.1 Å². The Hall–Kier alpha value is -0.810. The molecule has 3 unspecified atom stereocenters. The van der Waals surface area contributed by atoms with Crippen molar-refractivity contribution in [2.45, 2.75) is 45.1 Å². The minimum atomic E-state index is -0.434. The number of rotatable bonds is 4. The number of halogens is 1. The van der Waals surface area contributed by atoms with Crippen LogP contribution in [0, 0.1) is 11.8 Å². The summed E-state index contributed by atoms with van der Waals surface area (Å²) in [6.45, 7) is 3.97. The molecule has 1 aliphatic carbocycles. The normalized spacial score (nSPS) is 27.9. The number of hydrogen-bond acceptors (Lipinski definition) is 4. The highest BCUT2D eigenvalue weighted by Gasteiger charge is 2.37. The fourth-order valence-corrected chi connectivity index (χ4v) is 2.45. The van der Waals surface area contributed by atoms with Crippen LogP contribution in [0.1, 0.15) is 39.5 Å². The monoisotopic (exact) mass is 292 g/mol. The molecule has 1 rings (SSSR count). The number of methoxy groups -OCH3 is 1. The summed E-state index contributed by atoms with van der Waals surface area (Å²) in [6.07, 6.45) is 3.82. The minimum Gasteiger partial charge on any atom is -0.469 e. The maximum Gasteiger partial charge on any atom is 0.310 e. The molecule has 3 atom stereocenters. The summed E-state index contributed by atoms with van der Waals surface area (Å²) in [7, 11) is 1.35. The molecule has 0 aliphatic heterocycles. The zero-order chi connectivity index (χ0) is 13.8. The molecule has 6 heteroatoms. The summed E-state index contributed by atoms with van der Waals surface area (Å²) in [5.74, 6) is -0.840. The predicted molar refractivity (Wildman–Crippen MR) is 76.0 cm³/mol. The third kappa shape index (κ3) is 4.99. The zero-order valence-electron chi connectivity index (χ0n) is 11.9. The first-order valence-electron chi connectivity index (χ1n) is 6.53. The topological polar surface area (TPSA) is 81.4 Å². The van der Waals surface area contributed by atoms with Gasteiger partial charge in [0.1, 0.15) is 0 Å². The lowest BCUT2D eigenvalue weighted by Crippen LogP contribution is -2.53. The van der Waals surface area contributed by atoms with Crippen LogP contribution in [0.3, 0.4) is 0 Å². The molecule has 0 saturated heterocycles. The average Bonchev–Trinajstić information content (AvgIpc) is 2.33. The quantitative estimate of drug-likeness (QED) is 0.764. The molecule has 0 heterocycles. The predicted octanol–water partition coefficient (Wildman–Crippen LogP) is 1.24. The molecule has 1 aliphatic rings. The summed E-state index contributed by atoms with van der Waals surface area (Å²) >= 11 is 0. The van der Waals surface area contributed by atoms with Gasteiger partial charge in [-0.3, -0.25) is 9.59 Å². The van der Waals surface area contributed by atoms with E-state index in [4.69, 9.17) is 5.73 Å². The first kappa shape index (κ1) is 18.2. The molecule has 5 nitrogen and oxygen atoms in total. The van der Waals surface area contributed by atoms with Crippen LogP contribution in [0.5, 0.6) is 0 Å². The van der Waals surface area contributed by atoms with Gasteiger partial charge in [0.05, 0.1) is 18.9 Å². The SMILES string of the molecule is COC(=O)C(C)CNC(=O)C1CCCCC1(C)N.Cl. The number of carbonyl (C=O) groups excluding carboxylic acids is 2. The van der Waals surface area contributed by atoms with Crippen molar-refractivity contribution < 1.29 is 14.3 Å². The Kier molecular flexibility index (Phi) is 7.37. The maximum absolute atomic E-state index is 12.1. The molecule has 0 radical (unpaired) electrons. The van der Waals surface area contributed by atoms with Crippen molar-refractivity contribution in [3.8, 4) is 0 Å². The fourth-order valence-electron chi connectivity index (χ4n) is 2.45. The van der Waals surface area contributed by atoms with Gasteiger partial charge in [-0.05, 0) is 19.8 Å². The van der Waals surface area contributed by atoms with Gasteiger partial charge in [0.2, 0.25) is 5.91 Å². The molecule has 1 amide bonds. The van der Waals surface area contributed by atoms with Crippen LogP contribution in [0.25, 0.3) is 0 Å². The molecule has 0 aromatic rings. The van der Waals surface area contributed by atoms with Crippen LogP contribution in [0.2, 0.25) is 0 Å². The number of nitrogens with one attached hydrogen (secondary N) is 1. The highest BCUT2D eigenvalue weighted by atomic mass is 35.5. The van der Waals surface area contributed by atoms with Gasteiger partial charge in [0.25, 0.3) is 0 Å². The third-order valence-electron chi connectivity index (χ3n) is 3.76. The molecule has 0 spiro atoms. The van der Waals surface area contributed by atoms with Crippen molar-refractivity contribution in [1.29, 1.82) is 0 Å². The molecule has 0 bridgehead atoms. The number of nitrogens with two attached hydrogens (primary N) is 1. The van der Waals surface area contributed by atoms with E-state index in [2.05, 4.69) is 10.1 Å². The Balaban J connectivity index is 0.00000324. The number of esters is 1. The molecule has 19 heavy (non-hydrogen) atoms. The molecular weight excluding hydrogens is 268 g/mol. The zero-order valence-corrected chi connectivity index (χ0v) is 12.7. The van der Waals surface area contributed by atoms with E-state index in [0.717, 1.165) is 25.7 Å². The van der Waals surface area contributed by atoms with Gasteiger partial charge >= 0.3 is 5.97 Å². The van der Waals surface area contributed by atoms with Crippen LogP contribution in [-0.4, -0.2) is 31.1 Å². The Labute approximate surface area is 121 Å². The summed E-state index contributed by atoms with van der Waals surface area (Å²) in [5.41, 5.74) is 5.73. The smallest absolute Gasteiger partial charge is 0.310 e. The van der Waals surface area contributed by atoms with Crippen molar-refractivity contribution in [2.75, 3.05) is 13.7 Å². The van der Waals surface area contributed by atoms with Crippen molar-refractivity contribution in [2.24, 2.45) is 17.6 Å². The Morgan fingerprint density at radius 2 is 2.11 bits per heavy atom. The molecule has 3 N–H and O–H groups in total. The first-order valence-corrected chi connectivity index (χ1v) is 6.53. The summed E-state index contributed by atoms with van der Waals surface area (Å²) in [4.78, 5) is 23.3. The lowest BCUT2D eigenvalue weighted by Gasteiger charge is -2.37. The van der Waals surface area contributed by atoms with Gasteiger partial charge in [-0.15, -0.1) is 12.4 Å². The molecule has 1 fully saturated rings. The maximum atomic E-state index is 12.1. The summed E-state index contributed by atoms with van der Waals surface area (Å²) in [6, 6.07) is 0. The second-order valence-electron chi connectivity index (χ2n) is 5.47. The van der Waals surface area contributed by atoms with Gasteiger partial charge in [0.15, 0.2) is 0 Å². The van der Waals surface area contributed by atoms with Crippen molar-refractivity contribution in [3.63, 3.8) is 0 Å². The van der Waals surface area contributed by atoms with Crippen LogP contribution in [0.15, 0.2) is 0 Å². The molecule has 112 valence electrons. The van der Waals surface area contributed by atoms with Crippen molar-refractivity contribution in [1.82, 2.24) is 5.32 Å². The van der Waals surface area contributed by atoms with Gasteiger partial charge < -0.3 is 15.8 Å². The summed E-state index contributed by atoms with van der Waals surface area (Å²) in [5, 5.41) is 2.80. The highest BCUT2D eigenvalue weighted by Crippen LogP contribution is 2.31. The number of carbonyl (C=O) groups is 2. The van der Waals surface area contributed by atoms with Crippen LogP contribution in [-0.2, 0) is 14.3 Å². The minimum absolute atomic E-state index is 0. The van der Waals surface area contributed by atoms with Crippen LogP contribution in [0.4, 0.5) is 0 Å². The Morgan fingerprint density at radius 1 is 1.47 bits per heavy atom. The van der Waals surface area contributed by atoms with Gasteiger partial charge in [0, 0.05) is 12.1 Å². The van der Waals surface area contributed by atoms with E-state index in [1.54, 1.807) is 6.92 Å². The van der Waals surface area contributed by atoms with Gasteiger partial charge in [-0.25, -0.2) is 0 Å². The van der Waals surface area contributed by atoms with E-state index in [-0.39, 0.29) is 36.1 Å². The van der Waals surface area contributed by atoms with Crippen LogP contribution >= 0.6 is 12.4 Å². The Bertz CT molecular complexity index is 321. The largest absolute Gasteiger partial charge is 0.469 e. The van der Waals surface area contributed by atoms with Gasteiger partial charge in [-0.1, -0.05) is 19.8 Å². The molecule has 1 saturated carbocycles. The van der Waals surface area contributed by atoms with E-state index < -0.39 is 5.54 Å². The lowest BCUT2D eigenvalue weighted by molar-refractivity contribution is -0.144. The molecular formula is C13H25ClN2O3. The summed E-state index contributed by atoms with van der Waals surface area (Å²) < 4.78 is 4.62. The Morgan fingerprint density at radius 3 is 2.63 bits per heavy atom. The van der Waals surface area contributed by atoms with Gasteiger partial charge in [-0.2, -0.15) is 0 Å². The fraction of sp³-hybridized carbons (Fsp3) is 0.846. The van der Waals surface area contributed by atoms with E-state index in [1.807, 2.05) is 6.92 Å². The van der Waals surface area contributed by atoms with E-state index in [0.29, 0.717) is 6.54 Å². The van der Waals surface area contributed by atoms with Crippen molar-refractivity contribution in [3.05, 3.63) is 0 Å². The average molecular weight is 293 g/mol. The van der Waals surface area contributed by atoms with E-state index in [9.17, 15) is 9.59 Å². The number of hydrogen-bond donors (Lipinski definition) is 2. The first-order chi connectivity index (χ1) is 8.38. The number of ether oxygens (including phenoxy) is 1. The second-order valence-corrected chi connectivity index (χ2v) is 5.47. The van der Waals surface area contributed by atoms with E-state index in [1.165, 1.54) is 7.11 Å². The second kappa shape index (κ2) is 7.70. The van der Waals surface area contributed by atoms with Crippen molar-refractivity contribution >= 4 is 24.3 Å². The standard InChI is InChI=1S/C13H24N2O3.ClH/c1-9(12(17)18-3)8-15-11(16)10-6-4-5-7-13(10,2)14;/h9-10H,4-8,14H2,1-3H3,(H,15,16);1H. The number of amides is 1. The lowest BCUT2D eigenvalue weighted by atomic mass is 9.74.